The van der Waals surface area contributed by atoms with Crippen molar-refractivity contribution in [3.8, 4) is 0 Å². The monoisotopic (exact) mass is 281 g/mol. The van der Waals surface area contributed by atoms with Gasteiger partial charge < -0.3 is 5.32 Å². The van der Waals surface area contributed by atoms with Crippen LogP contribution in [0, 0.1) is 11.6 Å². The van der Waals surface area contributed by atoms with E-state index in [1.165, 1.54) is 24.3 Å². The first-order valence-corrected chi connectivity index (χ1v) is 6.37. The van der Waals surface area contributed by atoms with E-state index >= 15 is 0 Å². The van der Waals surface area contributed by atoms with E-state index in [9.17, 15) is 8.78 Å². The van der Waals surface area contributed by atoms with Gasteiger partial charge >= 0.3 is 0 Å². The average Bonchev–Trinajstić information content (AvgIpc) is 2.39. The topological polar surface area (TPSA) is 12.0 Å². The van der Waals surface area contributed by atoms with E-state index in [2.05, 4.69) is 5.32 Å². The molecule has 0 saturated heterocycles. The third kappa shape index (κ3) is 3.75. The van der Waals surface area contributed by atoms with Crippen LogP contribution in [0.15, 0.2) is 42.5 Å². The first-order chi connectivity index (χ1) is 9.06. The first kappa shape index (κ1) is 14.0. The summed E-state index contributed by atoms with van der Waals surface area (Å²) in [6, 6.07) is 11.1. The molecule has 1 atom stereocenters. The minimum Gasteiger partial charge on any atom is -0.306 e. The van der Waals surface area contributed by atoms with Crippen molar-refractivity contribution in [1.29, 1.82) is 0 Å². The lowest BCUT2D eigenvalue weighted by Crippen LogP contribution is -2.18. The van der Waals surface area contributed by atoms with Crippen LogP contribution in [0.4, 0.5) is 8.78 Å². The highest BCUT2D eigenvalue weighted by atomic mass is 35.5. The molecule has 2 aromatic carbocycles. The van der Waals surface area contributed by atoms with Crippen molar-refractivity contribution in [3.63, 3.8) is 0 Å². The zero-order valence-corrected chi connectivity index (χ0v) is 11.2. The predicted octanol–water partition coefficient (Wildman–Crippen LogP) is 4.47. The second-order valence-electron chi connectivity index (χ2n) is 4.41. The Labute approximate surface area is 116 Å². The lowest BCUT2D eigenvalue weighted by atomic mass is 10.1. The predicted molar refractivity (Wildman–Crippen MR) is 73.1 cm³/mol. The Kier molecular flexibility index (Phi) is 4.51. The molecule has 0 aromatic heterocycles. The molecule has 0 fully saturated rings. The molecule has 0 amide bonds. The van der Waals surface area contributed by atoms with Gasteiger partial charge in [0.1, 0.15) is 11.6 Å². The summed E-state index contributed by atoms with van der Waals surface area (Å²) in [5, 5.41) is 3.32. The molecule has 0 saturated carbocycles. The van der Waals surface area contributed by atoms with E-state index in [0.29, 0.717) is 6.54 Å². The Morgan fingerprint density at radius 3 is 2.63 bits per heavy atom. The Morgan fingerprint density at radius 1 is 1.16 bits per heavy atom. The highest BCUT2D eigenvalue weighted by Crippen LogP contribution is 2.20. The van der Waals surface area contributed by atoms with Gasteiger partial charge in [-0.25, -0.2) is 8.78 Å². The van der Waals surface area contributed by atoms with E-state index in [0.717, 1.165) is 11.1 Å². The molecule has 0 aliphatic heterocycles. The number of benzene rings is 2. The minimum absolute atomic E-state index is 0.0463. The fourth-order valence-corrected chi connectivity index (χ4v) is 1.93. The van der Waals surface area contributed by atoms with E-state index in [4.69, 9.17) is 11.6 Å². The van der Waals surface area contributed by atoms with Gasteiger partial charge in [0.15, 0.2) is 0 Å². The largest absolute Gasteiger partial charge is 0.306 e. The van der Waals surface area contributed by atoms with Gasteiger partial charge in [-0.1, -0.05) is 29.8 Å². The molecule has 19 heavy (non-hydrogen) atoms. The summed E-state index contributed by atoms with van der Waals surface area (Å²) >= 11 is 5.64. The highest BCUT2D eigenvalue weighted by molar-refractivity contribution is 6.30. The fourth-order valence-electron chi connectivity index (χ4n) is 1.82. The van der Waals surface area contributed by atoms with Crippen LogP contribution in [-0.4, -0.2) is 0 Å². The van der Waals surface area contributed by atoms with Crippen LogP contribution >= 0.6 is 11.6 Å². The van der Waals surface area contributed by atoms with E-state index in [1.807, 2.05) is 13.0 Å². The molecule has 0 heterocycles. The van der Waals surface area contributed by atoms with Gasteiger partial charge in [-0.15, -0.1) is 0 Å². The highest BCUT2D eigenvalue weighted by Gasteiger charge is 2.08. The van der Waals surface area contributed by atoms with Crippen molar-refractivity contribution in [3.05, 3.63) is 70.2 Å². The van der Waals surface area contributed by atoms with E-state index < -0.39 is 5.82 Å². The van der Waals surface area contributed by atoms with Crippen LogP contribution in [0.5, 0.6) is 0 Å². The second kappa shape index (κ2) is 6.13. The molecule has 0 bridgehead atoms. The van der Waals surface area contributed by atoms with E-state index in [-0.39, 0.29) is 16.9 Å². The molecule has 4 heteroatoms. The summed E-state index contributed by atoms with van der Waals surface area (Å²) < 4.78 is 26.4. The summed E-state index contributed by atoms with van der Waals surface area (Å²) in [6.07, 6.45) is 0. The standard InChI is InChI=1S/C15H14ClF2N/c1-10(12-5-6-14(16)15(18)8-12)19-9-11-3-2-4-13(17)7-11/h2-8,10,19H,9H2,1H3. The molecular formula is C15H14ClF2N. The molecule has 1 unspecified atom stereocenters. The smallest absolute Gasteiger partial charge is 0.142 e. The Bertz CT molecular complexity index is 572. The van der Waals surface area contributed by atoms with Crippen LogP contribution in [0.3, 0.4) is 0 Å². The number of rotatable bonds is 4. The number of halogens is 3. The third-order valence-electron chi connectivity index (χ3n) is 2.95. The van der Waals surface area contributed by atoms with Gasteiger partial charge in [-0.3, -0.25) is 0 Å². The summed E-state index contributed by atoms with van der Waals surface area (Å²) in [5.41, 5.74) is 1.65. The van der Waals surface area contributed by atoms with Gasteiger partial charge in [0, 0.05) is 12.6 Å². The molecule has 100 valence electrons. The second-order valence-corrected chi connectivity index (χ2v) is 4.81. The minimum atomic E-state index is -0.432. The molecule has 2 rings (SSSR count). The van der Waals surface area contributed by atoms with Gasteiger partial charge in [-0.05, 0) is 42.3 Å². The van der Waals surface area contributed by atoms with Crippen LogP contribution < -0.4 is 5.32 Å². The molecular weight excluding hydrogens is 268 g/mol. The Morgan fingerprint density at radius 2 is 1.95 bits per heavy atom. The third-order valence-corrected chi connectivity index (χ3v) is 3.25. The maximum atomic E-state index is 13.3. The number of nitrogens with one attached hydrogen (secondary N) is 1. The van der Waals surface area contributed by atoms with Crippen LogP contribution in [0.25, 0.3) is 0 Å². The van der Waals surface area contributed by atoms with Crippen LogP contribution in [0.2, 0.25) is 5.02 Å². The molecule has 2 aromatic rings. The van der Waals surface area contributed by atoms with Crippen molar-refractivity contribution >= 4 is 11.6 Å². The summed E-state index contributed by atoms with van der Waals surface area (Å²) in [5.74, 6) is -0.692. The van der Waals surface area contributed by atoms with E-state index in [1.54, 1.807) is 12.1 Å². The lowest BCUT2D eigenvalue weighted by Gasteiger charge is -2.14. The van der Waals surface area contributed by atoms with Crippen LogP contribution in [0.1, 0.15) is 24.1 Å². The van der Waals surface area contributed by atoms with Crippen molar-refractivity contribution in [2.24, 2.45) is 0 Å². The Balaban J connectivity index is 2.01. The van der Waals surface area contributed by atoms with Crippen molar-refractivity contribution in [2.75, 3.05) is 0 Å². The fraction of sp³-hybridized carbons (Fsp3) is 0.200. The van der Waals surface area contributed by atoms with Crippen molar-refractivity contribution in [2.45, 2.75) is 19.5 Å². The molecule has 1 N–H and O–H groups in total. The number of hydrogen-bond donors (Lipinski definition) is 1. The average molecular weight is 282 g/mol. The molecule has 0 spiro atoms. The maximum absolute atomic E-state index is 13.3. The molecule has 1 nitrogen and oxygen atoms in total. The van der Waals surface area contributed by atoms with Crippen molar-refractivity contribution in [1.82, 2.24) is 5.32 Å². The quantitative estimate of drug-likeness (QED) is 0.872. The zero-order valence-electron chi connectivity index (χ0n) is 10.5. The van der Waals surface area contributed by atoms with Gasteiger partial charge in [0.25, 0.3) is 0 Å². The molecule has 0 aliphatic rings. The first-order valence-electron chi connectivity index (χ1n) is 5.99. The zero-order chi connectivity index (χ0) is 13.8. The summed E-state index contributed by atoms with van der Waals surface area (Å²) in [6.45, 7) is 2.44. The molecule has 0 aliphatic carbocycles. The van der Waals surface area contributed by atoms with Gasteiger partial charge in [0.2, 0.25) is 0 Å². The Hall–Kier alpha value is -1.45. The van der Waals surface area contributed by atoms with Crippen molar-refractivity contribution < 1.29 is 8.78 Å². The van der Waals surface area contributed by atoms with Gasteiger partial charge in [0.05, 0.1) is 5.02 Å². The number of hydrogen-bond acceptors (Lipinski definition) is 1. The SMILES string of the molecule is CC(NCc1cccc(F)c1)c1ccc(Cl)c(F)c1. The summed E-state index contributed by atoms with van der Waals surface area (Å²) in [7, 11) is 0. The normalized spacial score (nSPS) is 12.4. The summed E-state index contributed by atoms with van der Waals surface area (Å²) in [4.78, 5) is 0. The van der Waals surface area contributed by atoms with Crippen LogP contribution in [-0.2, 0) is 6.54 Å². The maximum Gasteiger partial charge on any atom is 0.142 e. The lowest BCUT2D eigenvalue weighted by molar-refractivity contribution is 0.561. The van der Waals surface area contributed by atoms with Gasteiger partial charge in [-0.2, -0.15) is 0 Å². The molecule has 0 radical (unpaired) electrons.